The van der Waals surface area contributed by atoms with Crippen LogP contribution in [0.4, 0.5) is 0 Å². The van der Waals surface area contributed by atoms with Gasteiger partial charge in [0.15, 0.2) is 11.3 Å². The van der Waals surface area contributed by atoms with E-state index < -0.39 is 0 Å². The van der Waals surface area contributed by atoms with Gasteiger partial charge in [0.05, 0.1) is 11.7 Å². The van der Waals surface area contributed by atoms with E-state index in [0.29, 0.717) is 23.6 Å². The van der Waals surface area contributed by atoms with E-state index in [9.17, 15) is 9.59 Å². The number of hydrogen-bond acceptors (Lipinski definition) is 4. The molecular weight excluding hydrogens is 344 g/mol. The highest BCUT2D eigenvalue weighted by atomic mass is 16.2. The van der Waals surface area contributed by atoms with Gasteiger partial charge in [-0.25, -0.2) is 9.50 Å². The summed E-state index contributed by atoms with van der Waals surface area (Å²) in [5, 5.41) is 10.5. The molecule has 1 amide bonds. The lowest BCUT2D eigenvalue weighted by atomic mass is 9.95. The number of amides is 1. The molecule has 3 aromatic heterocycles. The number of aromatic nitrogens is 5. The number of aryl methyl sites for hydroxylation is 2. The first kappa shape index (κ1) is 16.3. The molecule has 2 N–H and O–H groups in total. The average Bonchev–Trinajstić information content (AvgIpc) is 3.38. The predicted molar refractivity (Wildman–Crippen MR) is 98.8 cm³/mol. The second-order valence-electron chi connectivity index (χ2n) is 7.53. The van der Waals surface area contributed by atoms with Crippen molar-refractivity contribution < 1.29 is 4.79 Å². The van der Waals surface area contributed by atoms with Gasteiger partial charge in [0.25, 0.3) is 11.5 Å². The van der Waals surface area contributed by atoms with Gasteiger partial charge >= 0.3 is 0 Å². The number of fused-ring (bicyclic) bond motifs is 2. The molecule has 27 heavy (non-hydrogen) atoms. The van der Waals surface area contributed by atoms with Crippen LogP contribution in [0, 0.1) is 6.92 Å². The largest absolute Gasteiger partial charge is 0.329 e. The van der Waals surface area contributed by atoms with Crippen LogP contribution in [0.3, 0.4) is 0 Å². The summed E-state index contributed by atoms with van der Waals surface area (Å²) in [5.41, 5.74) is 4.75. The van der Waals surface area contributed by atoms with Crippen molar-refractivity contribution in [2.24, 2.45) is 0 Å². The minimum atomic E-state index is -0.138. The predicted octanol–water partition coefficient (Wildman–Crippen LogP) is 1.91. The lowest BCUT2D eigenvalue weighted by Crippen LogP contribution is -2.32. The highest BCUT2D eigenvalue weighted by Crippen LogP contribution is 2.33. The Morgan fingerprint density at radius 1 is 1.22 bits per heavy atom. The molecule has 0 radical (unpaired) electrons. The summed E-state index contributed by atoms with van der Waals surface area (Å²) in [6.45, 7) is 2.50. The summed E-state index contributed by atoms with van der Waals surface area (Å²) in [7, 11) is 0. The fourth-order valence-corrected chi connectivity index (χ4v) is 4.43. The normalized spacial score (nSPS) is 19.6. The second kappa shape index (κ2) is 6.07. The van der Waals surface area contributed by atoms with Crippen LogP contribution < -0.4 is 5.56 Å². The molecule has 8 heteroatoms. The monoisotopic (exact) mass is 366 g/mol. The van der Waals surface area contributed by atoms with E-state index in [1.807, 2.05) is 11.0 Å². The summed E-state index contributed by atoms with van der Waals surface area (Å²) in [4.78, 5) is 31.7. The van der Waals surface area contributed by atoms with Crippen LogP contribution >= 0.6 is 0 Å². The molecule has 0 bridgehead atoms. The van der Waals surface area contributed by atoms with Crippen LogP contribution in [-0.2, 0) is 12.8 Å². The highest BCUT2D eigenvalue weighted by Gasteiger charge is 2.35. The minimum Gasteiger partial charge on any atom is -0.329 e. The van der Waals surface area contributed by atoms with Gasteiger partial charge in [-0.1, -0.05) is 0 Å². The first-order valence-corrected chi connectivity index (χ1v) is 9.58. The maximum atomic E-state index is 13.2. The van der Waals surface area contributed by atoms with Gasteiger partial charge < -0.3 is 4.90 Å². The molecule has 4 heterocycles. The van der Waals surface area contributed by atoms with Gasteiger partial charge in [-0.3, -0.25) is 19.8 Å². The first-order valence-electron chi connectivity index (χ1n) is 9.58. The SMILES string of the molecule is Cc1cc(=O)n2[nH]c(C3CCCN3C(=O)c3n[nH]c4c3CCCC4)cc2n1. The smallest absolute Gasteiger partial charge is 0.275 e. The van der Waals surface area contributed by atoms with Gasteiger partial charge in [0.2, 0.25) is 0 Å². The van der Waals surface area contributed by atoms with E-state index in [4.69, 9.17) is 0 Å². The van der Waals surface area contributed by atoms with Crippen LogP contribution in [-0.4, -0.2) is 42.1 Å². The summed E-state index contributed by atoms with van der Waals surface area (Å²) in [5.74, 6) is -0.0213. The fourth-order valence-electron chi connectivity index (χ4n) is 4.43. The molecule has 1 saturated heterocycles. The number of carbonyl (C=O) groups is 1. The van der Waals surface area contributed by atoms with E-state index in [2.05, 4.69) is 20.3 Å². The van der Waals surface area contributed by atoms with Crippen molar-refractivity contribution >= 4 is 11.6 Å². The Morgan fingerprint density at radius 3 is 2.96 bits per heavy atom. The Kier molecular flexibility index (Phi) is 3.66. The van der Waals surface area contributed by atoms with E-state index in [1.54, 1.807) is 6.92 Å². The highest BCUT2D eigenvalue weighted by molar-refractivity contribution is 5.94. The maximum absolute atomic E-state index is 13.2. The van der Waals surface area contributed by atoms with Crippen molar-refractivity contribution in [2.45, 2.75) is 51.5 Å². The Balaban J connectivity index is 1.50. The topological polar surface area (TPSA) is 99.1 Å². The molecule has 8 nitrogen and oxygen atoms in total. The molecule has 1 fully saturated rings. The number of H-pyrrole nitrogens is 2. The molecule has 1 aliphatic carbocycles. The molecule has 140 valence electrons. The molecule has 0 saturated carbocycles. The molecule has 5 rings (SSSR count). The molecule has 1 aliphatic heterocycles. The van der Waals surface area contributed by atoms with E-state index >= 15 is 0 Å². The van der Waals surface area contributed by atoms with Crippen LogP contribution in [0.5, 0.6) is 0 Å². The van der Waals surface area contributed by atoms with Crippen molar-refractivity contribution in [1.82, 2.24) is 29.7 Å². The molecule has 0 spiro atoms. The third-order valence-corrected chi connectivity index (χ3v) is 5.73. The number of aromatic amines is 2. The molecular formula is C19H22N6O2. The van der Waals surface area contributed by atoms with Crippen LogP contribution in [0.2, 0.25) is 0 Å². The zero-order chi connectivity index (χ0) is 18.5. The number of nitrogens with one attached hydrogen (secondary N) is 2. The quantitative estimate of drug-likeness (QED) is 0.724. The third kappa shape index (κ3) is 2.58. The first-order chi connectivity index (χ1) is 13.1. The lowest BCUT2D eigenvalue weighted by Gasteiger charge is -2.23. The molecule has 1 unspecified atom stereocenters. The number of hydrogen-bond donors (Lipinski definition) is 2. The number of nitrogens with zero attached hydrogens (tertiary/aromatic N) is 4. The van der Waals surface area contributed by atoms with Gasteiger partial charge in [-0.15, -0.1) is 0 Å². The Labute approximate surface area is 155 Å². The fraction of sp³-hybridized carbons (Fsp3) is 0.474. The number of likely N-dealkylation sites (tertiary alicyclic amines) is 1. The minimum absolute atomic E-state index is 0.0213. The van der Waals surface area contributed by atoms with Gasteiger partial charge in [0.1, 0.15) is 0 Å². The Morgan fingerprint density at radius 2 is 2.07 bits per heavy atom. The van der Waals surface area contributed by atoms with Crippen molar-refractivity contribution in [3.63, 3.8) is 0 Å². The van der Waals surface area contributed by atoms with Gasteiger partial charge in [-0.2, -0.15) is 5.10 Å². The zero-order valence-corrected chi connectivity index (χ0v) is 15.3. The number of rotatable bonds is 2. The van der Waals surface area contributed by atoms with Crippen molar-refractivity contribution in [1.29, 1.82) is 0 Å². The van der Waals surface area contributed by atoms with E-state index in [1.165, 1.54) is 10.6 Å². The van der Waals surface area contributed by atoms with Crippen molar-refractivity contribution in [3.8, 4) is 0 Å². The summed E-state index contributed by atoms with van der Waals surface area (Å²) in [6, 6.07) is 3.29. The lowest BCUT2D eigenvalue weighted by molar-refractivity contribution is 0.0725. The third-order valence-electron chi connectivity index (χ3n) is 5.73. The molecule has 3 aromatic rings. The summed E-state index contributed by atoms with van der Waals surface area (Å²) >= 11 is 0. The Bertz CT molecular complexity index is 1090. The second-order valence-corrected chi connectivity index (χ2v) is 7.53. The standard InChI is InChI=1S/C19H22N6O2/c1-11-9-17(26)25-16(20-11)10-14(23-25)15-7-4-8-24(15)19(27)18-12-5-2-3-6-13(12)21-22-18/h9-10,15,23H,2-8H2,1H3,(H,21,22). The molecule has 0 aromatic carbocycles. The average molecular weight is 366 g/mol. The zero-order valence-electron chi connectivity index (χ0n) is 15.3. The molecule has 1 atom stereocenters. The summed E-state index contributed by atoms with van der Waals surface area (Å²) in [6.07, 6.45) is 5.92. The van der Waals surface area contributed by atoms with E-state index in [-0.39, 0.29) is 17.5 Å². The molecule has 2 aliphatic rings. The van der Waals surface area contributed by atoms with Crippen molar-refractivity contribution in [3.05, 3.63) is 50.8 Å². The Hall–Kier alpha value is -2.90. The number of carbonyl (C=O) groups excluding carboxylic acids is 1. The van der Waals surface area contributed by atoms with Crippen LogP contribution in [0.25, 0.3) is 5.65 Å². The van der Waals surface area contributed by atoms with Gasteiger partial charge in [0, 0.05) is 35.6 Å². The van der Waals surface area contributed by atoms with Crippen LogP contribution in [0.15, 0.2) is 16.9 Å². The summed E-state index contributed by atoms with van der Waals surface area (Å²) < 4.78 is 1.44. The van der Waals surface area contributed by atoms with E-state index in [0.717, 1.165) is 55.5 Å². The van der Waals surface area contributed by atoms with Crippen molar-refractivity contribution in [2.75, 3.05) is 6.54 Å². The van der Waals surface area contributed by atoms with Crippen LogP contribution in [0.1, 0.15) is 64.9 Å². The maximum Gasteiger partial charge on any atom is 0.275 e. The van der Waals surface area contributed by atoms with Gasteiger partial charge in [-0.05, 0) is 45.4 Å².